The number of hydrogen-bond acceptors (Lipinski definition) is 3. The molecule has 0 radical (unpaired) electrons. The third-order valence-electron chi connectivity index (χ3n) is 3.36. The monoisotopic (exact) mass is 409 g/mol. The van der Waals surface area contributed by atoms with E-state index >= 15 is 0 Å². The van der Waals surface area contributed by atoms with Gasteiger partial charge in [0.1, 0.15) is 5.82 Å². The van der Waals surface area contributed by atoms with Gasteiger partial charge in [-0.25, -0.2) is 4.39 Å². The van der Waals surface area contributed by atoms with Crippen LogP contribution in [0.5, 0.6) is 0 Å². The number of hydrogen-bond donors (Lipinski definition) is 0. The predicted octanol–water partition coefficient (Wildman–Crippen LogP) is 5.36. The second kappa shape index (κ2) is 7.05. The lowest BCUT2D eigenvalue weighted by molar-refractivity contribution is 0.536. The Bertz CT molecular complexity index is 842. The third-order valence-corrected chi connectivity index (χ3v) is 5.61. The molecule has 0 aliphatic heterocycles. The molecule has 23 heavy (non-hydrogen) atoms. The molecule has 1 atom stereocenters. The zero-order chi connectivity index (χ0) is 16.4. The van der Waals surface area contributed by atoms with E-state index in [1.54, 1.807) is 23.5 Å². The molecule has 0 fully saturated rings. The van der Waals surface area contributed by atoms with Gasteiger partial charge in [0.2, 0.25) is 0 Å². The Balaban J connectivity index is 2.00. The van der Waals surface area contributed by atoms with Crippen LogP contribution in [0.3, 0.4) is 0 Å². The maximum absolute atomic E-state index is 13.1. The SMILES string of the molecule is O=S([O-])Cc1ccc(-c2cc(Br)sc2-c2ccc(F)cc2)cc1. The summed E-state index contributed by atoms with van der Waals surface area (Å²) >= 11 is 2.99. The quantitative estimate of drug-likeness (QED) is 0.543. The van der Waals surface area contributed by atoms with Crippen LogP contribution in [0.25, 0.3) is 21.6 Å². The van der Waals surface area contributed by atoms with Crippen molar-refractivity contribution < 1.29 is 13.2 Å². The van der Waals surface area contributed by atoms with Crippen LogP contribution in [0.15, 0.2) is 58.4 Å². The van der Waals surface area contributed by atoms with Crippen molar-refractivity contribution in [2.75, 3.05) is 0 Å². The number of benzene rings is 2. The highest BCUT2D eigenvalue weighted by atomic mass is 79.9. The fourth-order valence-electron chi connectivity index (χ4n) is 2.31. The summed E-state index contributed by atoms with van der Waals surface area (Å²) in [6.07, 6.45) is 0. The molecule has 3 rings (SSSR count). The summed E-state index contributed by atoms with van der Waals surface area (Å²) in [5.74, 6) is -0.251. The first kappa shape index (κ1) is 16.5. The first-order valence-corrected chi connectivity index (χ1v) is 9.59. The Morgan fingerprint density at radius 2 is 1.65 bits per heavy atom. The van der Waals surface area contributed by atoms with Crippen molar-refractivity contribution in [2.24, 2.45) is 0 Å². The van der Waals surface area contributed by atoms with Crippen LogP contribution in [0.4, 0.5) is 4.39 Å². The van der Waals surface area contributed by atoms with Gasteiger partial charge in [-0.2, -0.15) is 0 Å². The molecule has 2 nitrogen and oxygen atoms in total. The minimum Gasteiger partial charge on any atom is -0.772 e. The predicted molar refractivity (Wildman–Crippen MR) is 95.5 cm³/mol. The molecule has 3 aromatic rings. The van der Waals surface area contributed by atoms with E-state index in [0.717, 1.165) is 30.9 Å². The molecule has 1 aromatic heterocycles. The van der Waals surface area contributed by atoms with Gasteiger partial charge in [0.05, 0.1) is 3.79 Å². The summed E-state index contributed by atoms with van der Waals surface area (Å²) in [7, 11) is 0. The topological polar surface area (TPSA) is 40.1 Å². The van der Waals surface area contributed by atoms with E-state index in [2.05, 4.69) is 15.9 Å². The van der Waals surface area contributed by atoms with Crippen LogP contribution < -0.4 is 0 Å². The zero-order valence-electron chi connectivity index (χ0n) is 11.8. The number of thiophene rings is 1. The van der Waals surface area contributed by atoms with Crippen LogP contribution in [-0.4, -0.2) is 8.76 Å². The van der Waals surface area contributed by atoms with Crippen molar-refractivity contribution in [3.8, 4) is 21.6 Å². The molecule has 1 heterocycles. The lowest BCUT2D eigenvalue weighted by atomic mass is 10.0. The molecule has 1 unspecified atom stereocenters. The average molecular weight is 410 g/mol. The Hall–Kier alpha value is -1.34. The van der Waals surface area contributed by atoms with Gasteiger partial charge in [0.15, 0.2) is 0 Å². The van der Waals surface area contributed by atoms with E-state index in [0.29, 0.717) is 0 Å². The molecule has 0 aliphatic carbocycles. The van der Waals surface area contributed by atoms with Gasteiger partial charge in [0, 0.05) is 16.2 Å². The highest BCUT2D eigenvalue weighted by molar-refractivity contribution is 9.11. The number of rotatable bonds is 4. The summed E-state index contributed by atoms with van der Waals surface area (Å²) in [6, 6.07) is 15.9. The Kier molecular flexibility index (Phi) is 5.06. The summed E-state index contributed by atoms with van der Waals surface area (Å²) < 4.78 is 35.6. The minimum atomic E-state index is -2.09. The third kappa shape index (κ3) is 3.95. The molecule has 0 bridgehead atoms. The summed E-state index contributed by atoms with van der Waals surface area (Å²) in [4.78, 5) is 1.04. The molecule has 0 aliphatic rings. The first-order chi connectivity index (χ1) is 11.0. The molecule has 0 spiro atoms. The van der Waals surface area contributed by atoms with Gasteiger partial charge in [-0.3, -0.25) is 4.21 Å². The van der Waals surface area contributed by atoms with Gasteiger partial charge in [-0.1, -0.05) is 47.5 Å². The zero-order valence-corrected chi connectivity index (χ0v) is 15.0. The van der Waals surface area contributed by atoms with E-state index < -0.39 is 11.1 Å². The Morgan fingerprint density at radius 1 is 1.04 bits per heavy atom. The van der Waals surface area contributed by atoms with E-state index in [4.69, 9.17) is 0 Å². The van der Waals surface area contributed by atoms with Crippen LogP contribution in [0.2, 0.25) is 0 Å². The lowest BCUT2D eigenvalue weighted by Gasteiger charge is -2.08. The van der Waals surface area contributed by atoms with Gasteiger partial charge in [-0.15, -0.1) is 11.3 Å². The average Bonchev–Trinajstić information content (AvgIpc) is 2.90. The molecule has 118 valence electrons. The summed E-state index contributed by atoms with van der Waals surface area (Å²) in [5.41, 5.74) is 3.72. The molecule has 0 saturated carbocycles. The van der Waals surface area contributed by atoms with Crippen molar-refractivity contribution >= 4 is 38.3 Å². The molecule has 0 amide bonds. The first-order valence-electron chi connectivity index (χ1n) is 6.73. The lowest BCUT2D eigenvalue weighted by Crippen LogP contribution is -1.92. The molecule has 6 heteroatoms. The van der Waals surface area contributed by atoms with Crippen molar-refractivity contribution in [1.82, 2.24) is 0 Å². The van der Waals surface area contributed by atoms with Gasteiger partial charge >= 0.3 is 0 Å². The smallest absolute Gasteiger partial charge is 0.123 e. The summed E-state index contributed by atoms with van der Waals surface area (Å²) in [5, 5.41) is 0. The van der Waals surface area contributed by atoms with E-state index in [9.17, 15) is 13.2 Å². The van der Waals surface area contributed by atoms with Gasteiger partial charge in [-0.05, 0) is 50.8 Å². The van der Waals surface area contributed by atoms with Gasteiger partial charge in [0.25, 0.3) is 0 Å². The molecular weight excluding hydrogens is 399 g/mol. The van der Waals surface area contributed by atoms with Crippen LogP contribution in [0.1, 0.15) is 5.56 Å². The van der Waals surface area contributed by atoms with Crippen molar-refractivity contribution in [2.45, 2.75) is 5.75 Å². The largest absolute Gasteiger partial charge is 0.772 e. The Labute approximate surface area is 148 Å². The maximum Gasteiger partial charge on any atom is 0.123 e. The normalized spacial score (nSPS) is 12.3. The highest BCUT2D eigenvalue weighted by Gasteiger charge is 2.12. The Morgan fingerprint density at radius 3 is 2.26 bits per heavy atom. The van der Waals surface area contributed by atoms with Crippen molar-refractivity contribution in [3.63, 3.8) is 0 Å². The van der Waals surface area contributed by atoms with Gasteiger partial charge < -0.3 is 4.55 Å². The van der Waals surface area contributed by atoms with Crippen LogP contribution >= 0.6 is 27.3 Å². The number of halogens is 2. The van der Waals surface area contributed by atoms with Crippen LogP contribution in [-0.2, 0) is 16.8 Å². The second-order valence-corrected chi connectivity index (χ2v) is 8.27. The molecular formula is C17H11BrFO2S2-. The summed E-state index contributed by atoms with van der Waals surface area (Å²) in [6.45, 7) is 0. The van der Waals surface area contributed by atoms with E-state index in [1.807, 2.05) is 30.3 Å². The minimum absolute atomic E-state index is 0.0123. The van der Waals surface area contributed by atoms with E-state index in [1.165, 1.54) is 12.1 Å². The fourth-order valence-corrected chi connectivity index (χ4v) is 4.40. The van der Waals surface area contributed by atoms with Crippen molar-refractivity contribution in [3.05, 3.63) is 69.8 Å². The molecule has 0 saturated heterocycles. The van der Waals surface area contributed by atoms with E-state index in [-0.39, 0.29) is 11.6 Å². The standard InChI is InChI=1S/C17H12BrFO2S2/c18-16-9-15(12-3-1-11(2-4-12)10-23(20)21)17(22-16)13-5-7-14(19)8-6-13/h1-9H,10H2,(H,20,21)/p-1. The molecule has 0 N–H and O–H groups in total. The second-order valence-electron chi connectivity index (χ2n) is 4.95. The van der Waals surface area contributed by atoms with Crippen molar-refractivity contribution in [1.29, 1.82) is 0 Å². The highest BCUT2D eigenvalue weighted by Crippen LogP contribution is 2.41. The fraction of sp³-hybridized carbons (Fsp3) is 0.0588. The van der Waals surface area contributed by atoms with Crippen LogP contribution in [0, 0.1) is 5.82 Å². The molecule has 2 aromatic carbocycles. The maximum atomic E-state index is 13.1.